The molecule has 1 saturated heterocycles. The highest BCUT2D eigenvalue weighted by Gasteiger charge is 2.27. The zero-order valence-corrected chi connectivity index (χ0v) is 15.0. The maximum atomic E-state index is 5.90. The Morgan fingerprint density at radius 1 is 1.43 bits per heavy atom. The summed E-state index contributed by atoms with van der Waals surface area (Å²) >= 11 is 2.08. The Hall–Kier alpha value is -0.450. The van der Waals surface area contributed by atoms with Crippen LogP contribution in [-0.2, 0) is 13.1 Å². The molecule has 1 aliphatic heterocycles. The second-order valence-corrected chi connectivity index (χ2v) is 8.94. The summed E-state index contributed by atoms with van der Waals surface area (Å²) in [6.45, 7) is 16.4. The minimum Gasteiger partial charge on any atom is -0.465 e. The molecule has 1 aliphatic rings. The van der Waals surface area contributed by atoms with Gasteiger partial charge in [0.1, 0.15) is 11.5 Å². The fraction of sp³-hybridized carbons (Fsp3) is 0.765. The molecular weight excluding hydrogens is 280 g/mol. The van der Waals surface area contributed by atoms with Gasteiger partial charge in [-0.25, -0.2) is 0 Å². The highest BCUT2D eigenvalue weighted by atomic mass is 32.2. The normalized spacial score (nSPS) is 19.3. The van der Waals surface area contributed by atoms with Crippen molar-refractivity contribution in [1.82, 2.24) is 10.2 Å². The second-order valence-electron chi connectivity index (χ2n) is 7.14. The third-order valence-corrected chi connectivity index (χ3v) is 5.12. The van der Waals surface area contributed by atoms with Gasteiger partial charge in [0, 0.05) is 35.7 Å². The molecule has 3 nitrogen and oxygen atoms in total. The van der Waals surface area contributed by atoms with Gasteiger partial charge in [0.05, 0.1) is 6.54 Å². The monoisotopic (exact) mass is 310 g/mol. The number of rotatable bonds is 6. The fourth-order valence-electron chi connectivity index (χ4n) is 2.81. The van der Waals surface area contributed by atoms with Crippen LogP contribution in [-0.4, -0.2) is 35.0 Å². The first-order valence-electron chi connectivity index (χ1n) is 8.01. The predicted octanol–water partition coefficient (Wildman–Crippen LogP) is 3.66. The van der Waals surface area contributed by atoms with Crippen molar-refractivity contribution in [2.45, 2.75) is 52.5 Å². The quantitative estimate of drug-likeness (QED) is 0.868. The predicted molar refractivity (Wildman–Crippen MR) is 91.8 cm³/mol. The number of thioether (sulfide) groups is 1. The van der Waals surface area contributed by atoms with Gasteiger partial charge in [-0.15, -0.1) is 0 Å². The van der Waals surface area contributed by atoms with Crippen molar-refractivity contribution in [3.63, 3.8) is 0 Å². The van der Waals surface area contributed by atoms with E-state index in [-0.39, 0.29) is 0 Å². The van der Waals surface area contributed by atoms with E-state index in [9.17, 15) is 0 Å². The van der Waals surface area contributed by atoms with E-state index in [1.807, 2.05) is 0 Å². The standard InChI is InChI=1S/C17H30N2OS/c1-13(2)9-18-10-16-8-15(14(3)20-16)11-19-6-7-21-17(4,5)12-19/h8,13,18H,6-7,9-12H2,1-5H3. The molecule has 0 atom stereocenters. The Morgan fingerprint density at radius 3 is 2.86 bits per heavy atom. The Morgan fingerprint density at radius 2 is 2.19 bits per heavy atom. The lowest BCUT2D eigenvalue weighted by molar-refractivity contribution is 0.251. The van der Waals surface area contributed by atoms with Gasteiger partial charge in [-0.2, -0.15) is 11.8 Å². The number of hydrogen-bond acceptors (Lipinski definition) is 4. The lowest BCUT2D eigenvalue weighted by atomic mass is 10.1. The number of hydrogen-bond donors (Lipinski definition) is 1. The number of aryl methyl sites for hydroxylation is 1. The molecule has 120 valence electrons. The van der Waals surface area contributed by atoms with Crippen molar-refractivity contribution in [2.24, 2.45) is 5.92 Å². The van der Waals surface area contributed by atoms with E-state index in [4.69, 9.17) is 4.42 Å². The third kappa shape index (κ3) is 5.35. The van der Waals surface area contributed by atoms with Crippen LogP contribution in [0.3, 0.4) is 0 Å². The van der Waals surface area contributed by atoms with Crippen LogP contribution in [0.4, 0.5) is 0 Å². The molecule has 0 aromatic carbocycles. The summed E-state index contributed by atoms with van der Waals surface area (Å²) in [4.78, 5) is 2.56. The van der Waals surface area contributed by atoms with Crippen LogP contribution in [0.15, 0.2) is 10.5 Å². The van der Waals surface area contributed by atoms with Gasteiger partial charge < -0.3 is 9.73 Å². The van der Waals surface area contributed by atoms with E-state index in [0.29, 0.717) is 10.7 Å². The maximum Gasteiger partial charge on any atom is 0.118 e. The molecule has 1 N–H and O–H groups in total. The van der Waals surface area contributed by atoms with Crippen LogP contribution < -0.4 is 5.32 Å². The number of furan rings is 1. The van der Waals surface area contributed by atoms with Gasteiger partial charge >= 0.3 is 0 Å². The molecule has 0 bridgehead atoms. The molecule has 2 rings (SSSR count). The van der Waals surface area contributed by atoms with Crippen molar-refractivity contribution in [1.29, 1.82) is 0 Å². The SMILES string of the molecule is Cc1oc(CNCC(C)C)cc1CN1CCSC(C)(C)C1. The van der Waals surface area contributed by atoms with Crippen LogP contribution in [0.2, 0.25) is 0 Å². The van der Waals surface area contributed by atoms with Crippen LogP contribution in [0, 0.1) is 12.8 Å². The smallest absolute Gasteiger partial charge is 0.118 e. The Balaban J connectivity index is 1.90. The maximum absolute atomic E-state index is 5.90. The first-order chi connectivity index (χ1) is 9.85. The molecule has 0 unspecified atom stereocenters. The Kier molecular flexibility index (Phi) is 5.81. The van der Waals surface area contributed by atoms with Crippen molar-refractivity contribution in [3.8, 4) is 0 Å². The molecule has 0 radical (unpaired) electrons. The average molecular weight is 311 g/mol. The third-order valence-electron chi connectivity index (χ3n) is 3.82. The van der Waals surface area contributed by atoms with Crippen molar-refractivity contribution in [2.75, 3.05) is 25.4 Å². The minimum absolute atomic E-state index is 0.373. The minimum atomic E-state index is 0.373. The highest BCUT2D eigenvalue weighted by Crippen LogP contribution is 2.30. The molecule has 0 saturated carbocycles. The fourth-order valence-corrected chi connectivity index (χ4v) is 3.98. The van der Waals surface area contributed by atoms with Crippen LogP contribution >= 0.6 is 11.8 Å². The zero-order chi connectivity index (χ0) is 15.5. The van der Waals surface area contributed by atoms with Crippen LogP contribution in [0.5, 0.6) is 0 Å². The molecule has 1 aromatic heterocycles. The molecule has 1 aromatic rings. The van der Waals surface area contributed by atoms with Gasteiger partial charge in [-0.3, -0.25) is 4.90 Å². The largest absolute Gasteiger partial charge is 0.465 e. The summed E-state index contributed by atoms with van der Waals surface area (Å²) in [5.41, 5.74) is 1.35. The molecule has 4 heteroatoms. The Bertz CT molecular complexity index is 454. The van der Waals surface area contributed by atoms with Gasteiger partial charge in [-0.05, 0) is 39.3 Å². The number of nitrogens with zero attached hydrogens (tertiary/aromatic N) is 1. The van der Waals surface area contributed by atoms with Crippen molar-refractivity contribution >= 4 is 11.8 Å². The summed E-state index contributed by atoms with van der Waals surface area (Å²) in [6.07, 6.45) is 0. The van der Waals surface area contributed by atoms with E-state index in [1.54, 1.807) is 0 Å². The van der Waals surface area contributed by atoms with Crippen molar-refractivity contribution in [3.05, 3.63) is 23.2 Å². The van der Waals surface area contributed by atoms with Gasteiger partial charge in [0.2, 0.25) is 0 Å². The first kappa shape index (κ1) is 16.9. The van der Waals surface area contributed by atoms with Crippen LogP contribution in [0.1, 0.15) is 44.8 Å². The van der Waals surface area contributed by atoms with E-state index < -0.39 is 0 Å². The van der Waals surface area contributed by atoms with E-state index in [2.05, 4.69) is 62.7 Å². The average Bonchev–Trinajstić information content (AvgIpc) is 2.68. The van der Waals surface area contributed by atoms with Crippen molar-refractivity contribution < 1.29 is 4.42 Å². The molecule has 0 aliphatic carbocycles. The van der Waals surface area contributed by atoms with Crippen LogP contribution in [0.25, 0.3) is 0 Å². The van der Waals surface area contributed by atoms with E-state index >= 15 is 0 Å². The van der Waals surface area contributed by atoms with Gasteiger partial charge in [0.25, 0.3) is 0 Å². The molecule has 0 spiro atoms. The summed E-state index contributed by atoms with van der Waals surface area (Å²) in [5, 5.41) is 3.45. The molecule has 21 heavy (non-hydrogen) atoms. The van der Waals surface area contributed by atoms with E-state index in [0.717, 1.165) is 37.7 Å². The zero-order valence-electron chi connectivity index (χ0n) is 14.2. The first-order valence-corrected chi connectivity index (χ1v) is 8.99. The summed E-state index contributed by atoms with van der Waals surface area (Å²) in [5.74, 6) is 4.04. The lowest BCUT2D eigenvalue weighted by Crippen LogP contribution is -2.42. The molecule has 2 heterocycles. The van der Waals surface area contributed by atoms with Gasteiger partial charge in [0.15, 0.2) is 0 Å². The summed E-state index contributed by atoms with van der Waals surface area (Å²) in [6, 6.07) is 2.23. The number of nitrogens with one attached hydrogen (secondary N) is 1. The molecule has 1 fully saturated rings. The Labute approximate surface area is 133 Å². The summed E-state index contributed by atoms with van der Waals surface area (Å²) in [7, 11) is 0. The second kappa shape index (κ2) is 7.21. The lowest BCUT2D eigenvalue weighted by Gasteiger charge is -2.37. The van der Waals surface area contributed by atoms with Gasteiger partial charge in [-0.1, -0.05) is 13.8 Å². The topological polar surface area (TPSA) is 28.4 Å². The summed E-state index contributed by atoms with van der Waals surface area (Å²) < 4.78 is 6.27. The molecular formula is C17H30N2OS. The highest BCUT2D eigenvalue weighted by molar-refractivity contribution is 8.00. The van der Waals surface area contributed by atoms with E-state index in [1.165, 1.54) is 17.9 Å². The molecule has 0 amide bonds.